The Morgan fingerprint density at radius 1 is 0.952 bits per heavy atom. The van der Waals surface area contributed by atoms with Gasteiger partial charge in [0.25, 0.3) is 11.5 Å². The van der Waals surface area contributed by atoms with Gasteiger partial charge in [0.2, 0.25) is 0 Å². The quantitative estimate of drug-likeness (QED) is 0.421. The fourth-order valence-electron chi connectivity index (χ4n) is 4.90. The number of nitrogens with one attached hydrogen (secondary N) is 1. The maximum Gasteiger partial charge on any atom is 0.410 e. The van der Waals surface area contributed by atoms with Gasteiger partial charge in [-0.05, 0) is 69.4 Å². The van der Waals surface area contributed by atoms with E-state index in [1.165, 1.54) is 27.7 Å². The van der Waals surface area contributed by atoms with Gasteiger partial charge in [-0.25, -0.2) is 14.0 Å². The van der Waals surface area contributed by atoms with E-state index >= 15 is 0 Å². The van der Waals surface area contributed by atoms with Crippen molar-refractivity contribution >= 4 is 22.9 Å². The molecule has 2 heterocycles. The van der Waals surface area contributed by atoms with E-state index < -0.39 is 23.0 Å². The number of allylic oxidation sites excluding steroid dienone is 2. The lowest BCUT2D eigenvalue weighted by atomic mass is 10.1. The van der Waals surface area contributed by atoms with Crippen LogP contribution in [-0.2, 0) is 11.3 Å². The number of carbonyl (C=O) groups is 2. The normalized spacial score (nSPS) is 15.2. The zero-order valence-corrected chi connectivity index (χ0v) is 24.9. The number of piperazine rings is 1. The minimum absolute atomic E-state index is 0.0268. The second-order valence-corrected chi connectivity index (χ2v) is 9.91. The third-order valence-electron chi connectivity index (χ3n) is 7.24. The highest BCUT2D eigenvalue weighted by atomic mass is 19.1. The summed E-state index contributed by atoms with van der Waals surface area (Å²) in [7, 11) is 0. The molecule has 10 heteroatoms. The number of H-pyrrole nitrogens is 1. The first-order valence-corrected chi connectivity index (χ1v) is 14.6. The van der Waals surface area contributed by atoms with E-state index in [9.17, 15) is 23.6 Å². The molecule has 2 aliphatic rings. The average molecular weight is 581 g/mol. The number of para-hydroxylation sites is 1. The molecule has 2 fully saturated rings. The van der Waals surface area contributed by atoms with Crippen molar-refractivity contribution in [2.24, 2.45) is 0 Å². The second-order valence-electron chi connectivity index (χ2n) is 9.91. The zero-order chi connectivity index (χ0) is 30.6. The molecule has 5 rings (SSSR count). The molecule has 1 aromatic heterocycles. The molecule has 226 valence electrons. The Balaban J connectivity index is 0.000000745. The van der Waals surface area contributed by atoms with Gasteiger partial charge in [-0.1, -0.05) is 44.2 Å². The Morgan fingerprint density at radius 3 is 2.21 bits per heavy atom. The lowest BCUT2D eigenvalue weighted by Gasteiger charge is -2.34. The lowest BCUT2D eigenvalue weighted by Crippen LogP contribution is -2.51. The fourth-order valence-corrected chi connectivity index (χ4v) is 4.90. The maximum absolute atomic E-state index is 14.7. The third kappa shape index (κ3) is 7.96. The smallest absolute Gasteiger partial charge is 0.410 e. The number of benzene rings is 2. The molecule has 1 aliphatic carbocycles. The summed E-state index contributed by atoms with van der Waals surface area (Å²) < 4.78 is 21.6. The van der Waals surface area contributed by atoms with Crippen LogP contribution in [-0.4, -0.2) is 63.6 Å². The van der Waals surface area contributed by atoms with E-state index in [-0.39, 0.29) is 37.4 Å². The molecule has 1 aliphatic heterocycles. The molecular formula is C32H41FN4O5. The topological polar surface area (TPSA) is 105 Å². The number of rotatable bonds is 4. The monoisotopic (exact) mass is 580 g/mol. The van der Waals surface area contributed by atoms with Crippen LogP contribution in [0.5, 0.6) is 0 Å². The molecule has 0 spiro atoms. The number of amides is 2. The van der Waals surface area contributed by atoms with Crippen LogP contribution in [0.4, 0.5) is 9.18 Å². The summed E-state index contributed by atoms with van der Waals surface area (Å²) in [6, 6.07) is 10.9. The van der Waals surface area contributed by atoms with Crippen molar-refractivity contribution in [1.82, 2.24) is 19.4 Å². The van der Waals surface area contributed by atoms with Crippen molar-refractivity contribution in [2.45, 2.75) is 66.0 Å². The molecule has 3 aromatic rings. The van der Waals surface area contributed by atoms with Crippen LogP contribution >= 0.6 is 0 Å². The Morgan fingerprint density at radius 2 is 1.57 bits per heavy atom. The highest BCUT2D eigenvalue weighted by Gasteiger charge is 2.29. The van der Waals surface area contributed by atoms with Crippen LogP contribution in [0.3, 0.4) is 0 Å². The number of hydrogen-bond acceptors (Lipinski definition) is 5. The van der Waals surface area contributed by atoms with E-state index in [1.807, 2.05) is 39.8 Å². The Bertz CT molecular complexity index is 1490. The number of halogens is 1. The van der Waals surface area contributed by atoms with Crippen LogP contribution < -0.4 is 11.2 Å². The van der Waals surface area contributed by atoms with Gasteiger partial charge in [-0.15, -0.1) is 0 Å². The van der Waals surface area contributed by atoms with E-state index in [0.717, 1.165) is 25.7 Å². The average Bonchev–Trinajstić information content (AvgIpc) is 3.54. The predicted octanol–water partition coefficient (Wildman–Crippen LogP) is 5.32. The van der Waals surface area contributed by atoms with Crippen molar-refractivity contribution in [3.63, 3.8) is 0 Å². The molecule has 1 saturated carbocycles. The van der Waals surface area contributed by atoms with Crippen molar-refractivity contribution < 1.29 is 18.7 Å². The minimum atomic E-state index is -0.662. The molecule has 2 aromatic carbocycles. The van der Waals surface area contributed by atoms with Crippen LogP contribution in [0.1, 0.15) is 69.3 Å². The highest BCUT2D eigenvalue weighted by molar-refractivity contribution is 5.95. The summed E-state index contributed by atoms with van der Waals surface area (Å²) in [5, 5.41) is 0.361. The number of ether oxygens (including phenoxy) is 1. The first-order valence-electron chi connectivity index (χ1n) is 14.6. The van der Waals surface area contributed by atoms with E-state index in [4.69, 9.17) is 4.74 Å². The molecule has 1 N–H and O–H groups in total. The highest BCUT2D eigenvalue weighted by Crippen LogP contribution is 2.22. The van der Waals surface area contributed by atoms with Crippen molar-refractivity contribution in [3.8, 4) is 0 Å². The Kier molecular flexibility index (Phi) is 12.1. The maximum atomic E-state index is 14.7. The molecule has 0 bridgehead atoms. The summed E-state index contributed by atoms with van der Waals surface area (Å²) in [6.45, 7) is 9.23. The molecule has 42 heavy (non-hydrogen) atoms. The standard InChI is InChI=1S/C26H27FN4O5.C4H8.C2H6/c27-21-10-9-17(16-31-22-8-4-3-7-19(22)23(32)28-25(31)34)15-20(21)24(33)29-11-13-30(14-12-29)26(35)36-18-5-1-2-6-18;1-3-4-2;1-2/h3-4,7-10,15,18H,1-2,5-6,11-14,16H2,(H,28,32,34);3-4H,1-2H3;1-2H3/b;4-3-;. The van der Waals surface area contributed by atoms with Gasteiger partial charge in [-0.3, -0.25) is 19.1 Å². The molecule has 0 unspecified atom stereocenters. The summed E-state index contributed by atoms with van der Waals surface area (Å²) >= 11 is 0. The molecule has 2 amide bonds. The summed E-state index contributed by atoms with van der Waals surface area (Å²) in [4.78, 5) is 55.6. The number of carbonyl (C=O) groups excluding carboxylic acids is 2. The zero-order valence-electron chi connectivity index (χ0n) is 24.9. The van der Waals surface area contributed by atoms with Crippen LogP contribution in [0.2, 0.25) is 0 Å². The van der Waals surface area contributed by atoms with Gasteiger partial charge in [0.1, 0.15) is 11.9 Å². The van der Waals surface area contributed by atoms with Gasteiger partial charge in [-0.2, -0.15) is 0 Å². The van der Waals surface area contributed by atoms with Crippen molar-refractivity contribution in [3.05, 3.63) is 92.4 Å². The number of hydrogen-bond donors (Lipinski definition) is 1. The van der Waals surface area contributed by atoms with E-state index in [0.29, 0.717) is 29.6 Å². The number of nitrogens with zero attached hydrogens (tertiary/aromatic N) is 3. The molecule has 9 nitrogen and oxygen atoms in total. The number of fused-ring (bicyclic) bond motifs is 1. The first kappa shape index (κ1) is 32.3. The number of aromatic nitrogens is 2. The molecule has 0 radical (unpaired) electrons. The summed E-state index contributed by atoms with van der Waals surface area (Å²) in [5.74, 6) is -1.14. The number of aromatic amines is 1. The largest absolute Gasteiger partial charge is 0.446 e. The molecular weight excluding hydrogens is 539 g/mol. The minimum Gasteiger partial charge on any atom is -0.446 e. The lowest BCUT2D eigenvalue weighted by molar-refractivity contribution is 0.0420. The van der Waals surface area contributed by atoms with Crippen LogP contribution in [0.15, 0.2) is 64.2 Å². The Hall–Kier alpha value is -4.21. The van der Waals surface area contributed by atoms with Gasteiger partial charge >= 0.3 is 11.8 Å². The van der Waals surface area contributed by atoms with Gasteiger partial charge < -0.3 is 14.5 Å². The van der Waals surface area contributed by atoms with Crippen molar-refractivity contribution in [2.75, 3.05) is 26.2 Å². The SMILES string of the molecule is C/C=C\C.CC.O=C(OC1CCCC1)N1CCN(C(=O)c2cc(Cn3c(=O)[nH]c(=O)c4ccccc43)ccc2F)CC1. The first-order chi connectivity index (χ1) is 20.3. The predicted molar refractivity (Wildman–Crippen MR) is 162 cm³/mol. The van der Waals surface area contributed by atoms with Gasteiger partial charge in [0.15, 0.2) is 0 Å². The van der Waals surface area contributed by atoms with Crippen LogP contribution in [0.25, 0.3) is 10.9 Å². The van der Waals surface area contributed by atoms with E-state index in [1.54, 1.807) is 29.2 Å². The summed E-state index contributed by atoms with van der Waals surface area (Å²) in [5.41, 5.74) is -0.178. The summed E-state index contributed by atoms with van der Waals surface area (Å²) in [6.07, 6.45) is 7.53. The van der Waals surface area contributed by atoms with Crippen LogP contribution in [0, 0.1) is 5.82 Å². The van der Waals surface area contributed by atoms with Gasteiger partial charge in [0.05, 0.1) is 23.0 Å². The van der Waals surface area contributed by atoms with E-state index in [2.05, 4.69) is 4.98 Å². The van der Waals surface area contributed by atoms with Crippen molar-refractivity contribution in [1.29, 1.82) is 0 Å². The fraction of sp³-hybridized carbons (Fsp3) is 0.438. The Labute approximate surface area is 245 Å². The third-order valence-corrected chi connectivity index (χ3v) is 7.24. The second kappa shape index (κ2) is 15.7. The molecule has 0 atom stereocenters. The van der Waals surface area contributed by atoms with Gasteiger partial charge in [0, 0.05) is 26.2 Å². The molecule has 1 saturated heterocycles.